The molecule has 0 aliphatic carbocycles. The smallest absolute Gasteiger partial charge is 0.228 e. The molecule has 0 bridgehead atoms. The number of aromatic nitrogens is 2. The predicted octanol–water partition coefficient (Wildman–Crippen LogP) is 2.85. The number of halogens is 1. The van der Waals surface area contributed by atoms with Crippen LogP contribution >= 0.6 is 24.0 Å². The molecule has 3 rings (SSSR count). The minimum Gasteiger partial charge on any atom is -0.356 e. The van der Waals surface area contributed by atoms with Gasteiger partial charge >= 0.3 is 0 Å². The van der Waals surface area contributed by atoms with Gasteiger partial charge in [-0.25, -0.2) is 0 Å². The molecule has 1 fully saturated rings. The van der Waals surface area contributed by atoms with Gasteiger partial charge in [0.25, 0.3) is 0 Å². The molecule has 158 valence electrons. The fourth-order valence-electron chi connectivity index (χ4n) is 3.01. The van der Waals surface area contributed by atoms with Crippen LogP contribution in [0.2, 0.25) is 0 Å². The van der Waals surface area contributed by atoms with Crippen LogP contribution in [0.3, 0.4) is 0 Å². The maximum Gasteiger partial charge on any atom is 0.228 e. The lowest BCUT2D eigenvalue weighted by atomic mass is 10.2. The van der Waals surface area contributed by atoms with Gasteiger partial charge in [-0.2, -0.15) is 4.98 Å². The number of anilines is 1. The van der Waals surface area contributed by atoms with Gasteiger partial charge < -0.3 is 20.1 Å². The zero-order chi connectivity index (χ0) is 19.9. The molecular formula is C20H29IN6O2. The fourth-order valence-corrected chi connectivity index (χ4v) is 3.01. The first kappa shape index (κ1) is 23.1. The summed E-state index contributed by atoms with van der Waals surface area (Å²) < 4.78 is 5.24. The van der Waals surface area contributed by atoms with Gasteiger partial charge in [-0.05, 0) is 24.1 Å². The fraction of sp³-hybridized carbons (Fsp3) is 0.500. The van der Waals surface area contributed by atoms with E-state index in [4.69, 9.17) is 4.52 Å². The molecule has 1 aliphatic rings. The van der Waals surface area contributed by atoms with Crippen molar-refractivity contribution in [2.45, 2.75) is 45.6 Å². The van der Waals surface area contributed by atoms with E-state index in [9.17, 15) is 4.79 Å². The maximum atomic E-state index is 11.8. The Labute approximate surface area is 188 Å². The van der Waals surface area contributed by atoms with Gasteiger partial charge in [-0.3, -0.25) is 9.79 Å². The summed E-state index contributed by atoms with van der Waals surface area (Å²) in [6, 6.07) is 8.07. The van der Waals surface area contributed by atoms with Gasteiger partial charge in [0.15, 0.2) is 11.8 Å². The highest BCUT2D eigenvalue weighted by atomic mass is 127. The topological polar surface area (TPSA) is 95.7 Å². The molecule has 0 spiro atoms. The van der Waals surface area contributed by atoms with E-state index in [0.29, 0.717) is 37.8 Å². The van der Waals surface area contributed by atoms with Crippen LogP contribution in [-0.2, 0) is 17.8 Å². The number of carbonyl (C=O) groups is 1. The van der Waals surface area contributed by atoms with E-state index in [2.05, 4.69) is 25.8 Å². The number of guanidine groups is 1. The summed E-state index contributed by atoms with van der Waals surface area (Å²) in [7, 11) is 1.74. The Kier molecular flexibility index (Phi) is 8.87. The first-order chi connectivity index (χ1) is 13.6. The van der Waals surface area contributed by atoms with Crippen molar-refractivity contribution in [3.8, 4) is 0 Å². The van der Waals surface area contributed by atoms with Gasteiger partial charge in [0, 0.05) is 51.1 Å². The third-order valence-corrected chi connectivity index (χ3v) is 4.64. The van der Waals surface area contributed by atoms with Gasteiger partial charge in [0.1, 0.15) is 0 Å². The lowest BCUT2D eigenvalue weighted by Gasteiger charge is -2.16. The van der Waals surface area contributed by atoms with Crippen molar-refractivity contribution in [3.05, 3.63) is 41.5 Å². The average Bonchev–Trinajstić information content (AvgIpc) is 3.34. The largest absolute Gasteiger partial charge is 0.356 e. The molecule has 0 radical (unpaired) electrons. The molecular weight excluding hydrogens is 483 g/mol. The molecule has 1 aromatic carbocycles. The molecule has 29 heavy (non-hydrogen) atoms. The molecule has 1 amide bonds. The normalized spacial score (nSPS) is 14.3. The van der Waals surface area contributed by atoms with Crippen molar-refractivity contribution in [3.63, 3.8) is 0 Å². The summed E-state index contributed by atoms with van der Waals surface area (Å²) in [5.41, 5.74) is 2.09. The zero-order valence-corrected chi connectivity index (χ0v) is 19.5. The lowest BCUT2D eigenvalue weighted by Crippen LogP contribution is -2.37. The third-order valence-electron chi connectivity index (χ3n) is 4.64. The molecule has 0 saturated carbocycles. The van der Waals surface area contributed by atoms with Crippen LogP contribution in [0.4, 0.5) is 5.69 Å². The summed E-state index contributed by atoms with van der Waals surface area (Å²) in [5, 5.41) is 10.5. The first-order valence-corrected chi connectivity index (χ1v) is 9.73. The Hall–Kier alpha value is -2.17. The standard InChI is InChI=1S/C20H28N6O2.HI/c1-14(2)19-24-17(28-25-19)10-11-22-20(21-3)23-13-15-6-8-16(9-7-15)26-12-4-5-18(26)27;/h6-9,14H,4-5,10-13H2,1-3H3,(H2,21,22,23);1H. The Bertz CT molecular complexity index is 819. The zero-order valence-electron chi connectivity index (χ0n) is 17.1. The summed E-state index contributed by atoms with van der Waals surface area (Å²) in [4.78, 5) is 22.3. The van der Waals surface area contributed by atoms with E-state index in [0.717, 1.165) is 30.0 Å². The Morgan fingerprint density at radius 2 is 2.03 bits per heavy atom. The maximum absolute atomic E-state index is 11.8. The minimum atomic E-state index is 0. The summed E-state index contributed by atoms with van der Waals surface area (Å²) >= 11 is 0. The Morgan fingerprint density at radius 1 is 1.28 bits per heavy atom. The monoisotopic (exact) mass is 512 g/mol. The van der Waals surface area contributed by atoms with Gasteiger partial charge in [0.05, 0.1) is 0 Å². The number of nitrogens with one attached hydrogen (secondary N) is 2. The van der Waals surface area contributed by atoms with Crippen molar-refractivity contribution < 1.29 is 9.32 Å². The SMILES string of the molecule is CN=C(NCCc1nc(C(C)C)no1)NCc1ccc(N2CCCC2=O)cc1.I. The molecule has 0 unspecified atom stereocenters. The van der Waals surface area contributed by atoms with Gasteiger partial charge in [0.2, 0.25) is 11.8 Å². The first-order valence-electron chi connectivity index (χ1n) is 9.73. The molecule has 2 heterocycles. The second-order valence-corrected chi connectivity index (χ2v) is 7.12. The van der Waals surface area contributed by atoms with E-state index in [1.54, 1.807) is 7.05 Å². The highest BCUT2D eigenvalue weighted by Crippen LogP contribution is 2.21. The van der Waals surface area contributed by atoms with Crippen molar-refractivity contribution in [1.29, 1.82) is 0 Å². The van der Waals surface area contributed by atoms with Gasteiger partial charge in [-0.1, -0.05) is 31.1 Å². The quantitative estimate of drug-likeness (QED) is 0.337. The molecule has 9 heteroatoms. The van der Waals surface area contributed by atoms with Crippen LogP contribution in [0.1, 0.15) is 49.9 Å². The van der Waals surface area contributed by atoms with E-state index in [1.165, 1.54) is 0 Å². The molecule has 8 nitrogen and oxygen atoms in total. The number of amides is 1. The van der Waals surface area contributed by atoms with E-state index in [-0.39, 0.29) is 35.8 Å². The van der Waals surface area contributed by atoms with Crippen LogP contribution in [0.5, 0.6) is 0 Å². The third kappa shape index (κ3) is 6.41. The lowest BCUT2D eigenvalue weighted by molar-refractivity contribution is -0.117. The highest BCUT2D eigenvalue weighted by molar-refractivity contribution is 14.0. The number of aliphatic imine (C=N–C) groups is 1. The Balaban J connectivity index is 0.00000300. The summed E-state index contributed by atoms with van der Waals surface area (Å²) in [6.45, 7) is 6.18. The number of nitrogens with zero attached hydrogens (tertiary/aromatic N) is 4. The van der Waals surface area contributed by atoms with Crippen LogP contribution in [0, 0.1) is 0 Å². The second-order valence-electron chi connectivity index (χ2n) is 7.12. The molecule has 1 aliphatic heterocycles. The number of carbonyl (C=O) groups excluding carboxylic acids is 1. The van der Waals surface area contributed by atoms with Crippen molar-refractivity contribution in [1.82, 2.24) is 20.8 Å². The predicted molar refractivity (Wildman–Crippen MR) is 124 cm³/mol. The number of rotatable bonds is 7. The molecule has 1 saturated heterocycles. The highest BCUT2D eigenvalue weighted by Gasteiger charge is 2.21. The van der Waals surface area contributed by atoms with Crippen LogP contribution < -0.4 is 15.5 Å². The van der Waals surface area contributed by atoms with Crippen LogP contribution in [0.25, 0.3) is 0 Å². The molecule has 2 aromatic rings. The van der Waals surface area contributed by atoms with Crippen LogP contribution in [-0.4, -0.2) is 42.1 Å². The molecule has 2 N–H and O–H groups in total. The van der Waals surface area contributed by atoms with Crippen molar-refractivity contribution >= 4 is 41.5 Å². The van der Waals surface area contributed by atoms with E-state index < -0.39 is 0 Å². The summed E-state index contributed by atoms with van der Waals surface area (Å²) in [6.07, 6.45) is 2.22. The molecule has 1 aromatic heterocycles. The number of benzene rings is 1. The average molecular weight is 512 g/mol. The Morgan fingerprint density at radius 3 is 2.62 bits per heavy atom. The van der Waals surface area contributed by atoms with E-state index >= 15 is 0 Å². The van der Waals surface area contributed by atoms with E-state index in [1.807, 2.05) is 43.0 Å². The van der Waals surface area contributed by atoms with Gasteiger partial charge in [-0.15, -0.1) is 24.0 Å². The number of hydrogen-bond acceptors (Lipinski definition) is 5. The molecule has 0 atom stereocenters. The minimum absolute atomic E-state index is 0. The number of hydrogen-bond donors (Lipinski definition) is 2. The van der Waals surface area contributed by atoms with Crippen molar-refractivity contribution in [2.24, 2.45) is 4.99 Å². The summed E-state index contributed by atoms with van der Waals surface area (Å²) in [5.74, 6) is 2.53. The van der Waals surface area contributed by atoms with Crippen molar-refractivity contribution in [2.75, 3.05) is 25.0 Å². The van der Waals surface area contributed by atoms with Crippen LogP contribution in [0.15, 0.2) is 33.8 Å². The second kappa shape index (κ2) is 11.1.